The van der Waals surface area contributed by atoms with Crippen LogP contribution in [0.4, 0.5) is 0 Å². The Morgan fingerprint density at radius 3 is 1.42 bits per heavy atom. The van der Waals surface area contributed by atoms with Crippen molar-refractivity contribution in [1.29, 1.82) is 0 Å². The average molecular weight is 511 g/mol. The molecule has 1 heterocycles. The number of nitrogens with zero attached hydrogens (tertiary/aromatic N) is 2. The Bertz CT molecular complexity index is 1110. The molecule has 0 spiro atoms. The highest BCUT2D eigenvalue weighted by atomic mass is 15.2. The quantitative estimate of drug-likeness (QED) is 0.201. The second-order valence-corrected chi connectivity index (χ2v) is 10.9. The van der Waals surface area contributed by atoms with E-state index >= 15 is 0 Å². The van der Waals surface area contributed by atoms with E-state index in [0.29, 0.717) is 0 Å². The van der Waals surface area contributed by atoms with E-state index in [9.17, 15) is 5.53 Å². The molecule has 38 heavy (non-hydrogen) atoms. The zero-order valence-corrected chi connectivity index (χ0v) is 24.8. The van der Waals surface area contributed by atoms with E-state index in [1.54, 1.807) is 0 Å². The lowest BCUT2D eigenvalue weighted by Gasteiger charge is -2.14. The van der Waals surface area contributed by atoms with Crippen LogP contribution in [-0.4, -0.2) is 4.70 Å². The fraction of sp³-hybridized carbons (Fsp3) is 0.500. The summed E-state index contributed by atoms with van der Waals surface area (Å²) in [6, 6.07) is 14.0. The zero-order chi connectivity index (χ0) is 27.3. The SMILES string of the molecule is CCC=CC1=C(c2cc(CCCC)cc(CCCC)c2)[N+](=[N-])C(c2cc(CCCC)cc(CCCC)c2)=C1. The molecule has 1 aliphatic rings. The minimum atomic E-state index is 0.890. The summed E-state index contributed by atoms with van der Waals surface area (Å²) in [5.74, 6) is 0. The van der Waals surface area contributed by atoms with Crippen LogP contribution in [0.2, 0.25) is 0 Å². The lowest BCUT2D eigenvalue weighted by Crippen LogP contribution is -2.05. The molecular formula is C36H50N2. The third-order valence-corrected chi connectivity index (χ3v) is 7.49. The van der Waals surface area contributed by atoms with Gasteiger partial charge in [0.2, 0.25) is 11.4 Å². The number of allylic oxidation sites excluding steroid dienone is 4. The molecule has 0 N–H and O–H groups in total. The first-order chi connectivity index (χ1) is 18.5. The minimum Gasteiger partial charge on any atom is -0.493 e. The van der Waals surface area contributed by atoms with Crippen LogP contribution in [-0.2, 0) is 25.7 Å². The molecule has 0 amide bonds. The first-order valence-electron chi connectivity index (χ1n) is 15.4. The molecule has 204 valence electrons. The first kappa shape index (κ1) is 29.8. The predicted molar refractivity (Wildman–Crippen MR) is 165 cm³/mol. The number of rotatable bonds is 16. The van der Waals surface area contributed by atoms with Crippen molar-refractivity contribution in [3.63, 3.8) is 0 Å². The van der Waals surface area contributed by atoms with Crippen molar-refractivity contribution in [3.8, 4) is 0 Å². The van der Waals surface area contributed by atoms with Gasteiger partial charge >= 0.3 is 0 Å². The molecule has 0 bridgehead atoms. The van der Waals surface area contributed by atoms with E-state index in [1.807, 2.05) is 0 Å². The molecule has 2 heteroatoms. The number of aryl methyl sites for hydroxylation is 4. The highest BCUT2D eigenvalue weighted by Gasteiger charge is 2.29. The van der Waals surface area contributed by atoms with Crippen molar-refractivity contribution in [1.82, 2.24) is 0 Å². The van der Waals surface area contributed by atoms with Crippen LogP contribution in [0.25, 0.3) is 16.9 Å². The zero-order valence-electron chi connectivity index (χ0n) is 24.8. The molecule has 1 aliphatic heterocycles. The minimum absolute atomic E-state index is 0.890. The van der Waals surface area contributed by atoms with Crippen molar-refractivity contribution in [2.75, 3.05) is 0 Å². The second-order valence-electron chi connectivity index (χ2n) is 10.9. The molecule has 2 aromatic rings. The average Bonchev–Trinajstić information content (AvgIpc) is 3.27. The van der Waals surface area contributed by atoms with Gasteiger partial charge in [-0.25, -0.2) is 4.70 Å². The molecule has 2 nitrogen and oxygen atoms in total. The Kier molecular flexibility index (Phi) is 12.3. The van der Waals surface area contributed by atoms with Crippen molar-refractivity contribution >= 4 is 11.4 Å². The third-order valence-electron chi connectivity index (χ3n) is 7.49. The highest BCUT2D eigenvalue weighted by molar-refractivity contribution is 5.81. The van der Waals surface area contributed by atoms with Crippen molar-refractivity contribution in [2.24, 2.45) is 0 Å². The van der Waals surface area contributed by atoms with Crippen molar-refractivity contribution in [2.45, 2.75) is 118 Å². The Morgan fingerprint density at radius 2 is 1.03 bits per heavy atom. The van der Waals surface area contributed by atoms with Gasteiger partial charge in [-0.05, 0) is 104 Å². The number of benzene rings is 2. The van der Waals surface area contributed by atoms with Crippen LogP contribution in [0.1, 0.15) is 126 Å². The van der Waals surface area contributed by atoms with E-state index in [4.69, 9.17) is 0 Å². The van der Waals surface area contributed by atoms with E-state index in [2.05, 4.69) is 89.2 Å². The van der Waals surface area contributed by atoms with Gasteiger partial charge in [-0.3, -0.25) is 0 Å². The standard InChI is InChI=1S/C36H50N2/c1-6-11-16-28-21-29(17-12-7-2)24-33(23-28)35-27-32(20-15-10-5)36(38(35)37)34-25-30(18-13-8-3)22-31(26-34)19-14-9-4/h15,20-27H,6-14,16-19H2,1-5H3. The normalized spacial score (nSPS) is 13.7. The summed E-state index contributed by atoms with van der Waals surface area (Å²) in [5, 5.41) is 0. The van der Waals surface area contributed by atoms with Gasteiger partial charge in [0, 0.05) is 17.2 Å². The summed E-state index contributed by atoms with van der Waals surface area (Å²) < 4.78 is 1.47. The lowest BCUT2D eigenvalue weighted by atomic mass is 9.96. The van der Waals surface area contributed by atoms with Crippen LogP contribution in [0.3, 0.4) is 0 Å². The third kappa shape index (κ3) is 8.13. The summed E-state index contributed by atoms with van der Waals surface area (Å²) in [4.78, 5) is 0. The van der Waals surface area contributed by atoms with Gasteiger partial charge in [0.1, 0.15) is 0 Å². The molecule has 0 saturated carbocycles. The largest absolute Gasteiger partial charge is 0.493 e. The smallest absolute Gasteiger partial charge is 0.214 e. The fourth-order valence-corrected chi connectivity index (χ4v) is 5.30. The maximum absolute atomic E-state index is 11.8. The topological polar surface area (TPSA) is 25.3 Å². The summed E-state index contributed by atoms with van der Waals surface area (Å²) in [6.07, 6.45) is 21.4. The summed E-state index contributed by atoms with van der Waals surface area (Å²) in [6.45, 7) is 11.2. The number of hydrogen-bond donors (Lipinski definition) is 0. The van der Waals surface area contributed by atoms with Gasteiger partial charge in [0.25, 0.3) is 0 Å². The summed E-state index contributed by atoms with van der Waals surface area (Å²) in [5.41, 5.74) is 22.4. The Balaban J connectivity index is 2.07. The van der Waals surface area contributed by atoms with Gasteiger partial charge < -0.3 is 5.53 Å². The molecule has 0 unspecified atom stereocenters. The van der Waals surface area contributed by atoms with E-state index in [0.717, 1.165) is 60.2 Å². The Morgan fingerprint density at radius 1 is 0.605 bits per heavy atom. The fourth-order valence-electron chi connectivity index (χ4n) is 5.30. The molecule has 0 aliphatic carbocycles. The molecule has 0 fully saturated rings. The van der Waals surface area contributed by atoms with Crippen molar-refractivity contribution < 1.29 is 4.70 Å². The van der Waals surface area contributed by atoms with Gasteiger partial charge in [-0.15, -0.1) is 0 Å². The van der Waals surface area contributed by atoms with Crippen molar-refractivity contribution in [3.05, 3.63) is 99.1 Å². The lowest BCUT2D eigenvalue weighted by molar-refractivity contribution is -0.344. The highest BCUT2D eigenvalue weighted by Crippen LogP contribution is 2.37. The maximum atomic E-state index is 11.8. The van der Waals surface area contributed by atoms with E-state index in [1.165, 1.54) is 78.3 Å². The van der Waals surface area contributed by atoms with Crippen LogP contribution in [0, 0.1) is 0 Å². The molecule has 3 rings (SSSR count). The van der Waals surface area contributed by atoms with E-state index in [-0.39, 0.29) is 0 Å². The summed E-state index contributed by atoms with van der Waals surface area (Å²) in [7, 11) is 0. The molecule has 0 aromatic heterocycles. The van der Waals surface area contributed by atoms with Gasteiger partial charge in [-0.1, -0.05) is 84.6 Å². The molecule has 2 aromatic carbocycles. The molecular weight excluding hydrogens is 460 g/mol. The van der Waals surface area contributed by atoms with Crippen LogP contribution in [0.15, 0.2) is 60.2 Å². The number of hydrogen-bond acceptors (Lipinski definition) is 0. The van der Waals surface area contributed by atoms with Gasteiger partial charge in [0.05, 0.1) is 5.57 Å². The molecule has 0 atom stereocenters. The van der Waals surface area contributed by atoms with Crippen LogP contribution < -0.4 is 0 Å². The maximum Gasteiger partial charge on any atom is 0.214 e. The molecule has 0 radical (unpaired) electrons. The Hall–Kier alpha value is -2.74. The monoisotopic (exact) mass is 510 g/mol. The first-order valence-corrected chi connectivity index (χ1v) is 15.4. The van der Waals surface area contributed by atoms with Crippen LogP contribution >= 0.6 is 0 Å². The second kappa shape index (κ2) is 15.6. The van der Waals surface area contributed by atoms with Crippen LogP contribution in [0.5, 0.6) is 0 Å². The van der Waals surface area contributed by atoms with Gasteiger partial charge in [-0.2, -0.15) is 0 Å². The van der Waals surface area contributed by atoms with E-state index < -0.39 is 0 Å². The van der Waals surface area contributed by atoms with Gasteiger partial charge in [0.15, 0.2) is 0 Å². The number of unbranched alkanes of at least 4 members (excludes halogenated alkanes) is 4. The Labute approximate surface area is 233 Å². The summed E-state index contributed by atoms with van der Waals surface area (Å²) >= 11 is 0. The molecule has 0 saturated heterocycles. The predicted octanol–water partition coefficient (Wildman–Crippen LogP) is 10.8.